The second kappa shape index (κ2) is 7.13. The lowest BCUT2D eigenvalue weighted by Crippen LogP contribution is -2.32. The van der Waals surface area contributed by atoms with E-state index < -0.39 is 0 Å². The number of nitrogen functional groups attached to an aromatic ring is 1. The second-order valence-electron chi connectivity index (χ2n) is 6.71. The van der Waals surface area contributed by atoms with Gasteiger partial charge in [-0.2, -0.15) is 5.10 Å². The third kappa shape index (κ3) is 3.39. The number of hydrogen-bond donors (Lipinski definition) is 3. The Morgan fingerprint density at radius 3 is 2.92 bits per heavy atom. The van der Waals surface area contributed by atoms with Gasteiger partial charge in [0.15, 0.2) is 5.82 Å². The third-order valence-corrected chi connectivity index (χ3v) is 4.79. The molecular formula is C19H22N6O. The number of piperidine rings is 1. The Labute approximate surface area is 151 Å². The van der Waals surface area contributed by atoms with E-state index in [9.17, 15) is 5.11 Å². The van der Waals surface area contributed by atoms with Gasteiger partial charge >= 0.3 is 0 Å². The lowest BCUT2D eigenvalue weighted by atomic mass is 10.00. The zero-order valence-electron chi connectivity index (χ0n) is 14.5. The van der Waals surface area contributed by atoms with Crippen molar-refractivity contribution in [3.63, 3.8) is 0 Å². The van der Waals surface area contributed by atoms with Crippen molar-refractivity contribution < 1.29 is 5.11 Å². The summed E-state index contributed by atoms with van der Waals surface area (Å²) >= 11 is 0. The second-order valence-corrected chi connectivity index (χ2v) is 6.71. The van der Waals surface area contributed by atoms with Crippen LogP contribution in [0.2, 0.25) is 0 Å². The van der Waals surface area contributed by atoms with Gasteiger partial charge in [0.05, 0.1) is 11.9 Å². The predicted octanol–water partition coefficient (Wildman–Crippen LogP) is 2.29. The van der Waals surface area contributed by atoms with Gasteiger partial charge < -0.3 is 16.2 Å². The van der Waals surface area contributed by atoms with E-state index in [1.165, 1.54) is 12.8 Å². The topological polar surface area (TPSA) is 102 Å². The number of phenols is 1. The van der Waals surface area contributed by atoms with E-state index in [1.807, 2.05) is 23.0 Å². The molecule has 1 aliphatic heterocycles. The molecule has 0 amide bonds. The average molecular weight is 350 g/mol. The van der Waals surface area contributed by atoms with Crippen molar-refractivity contribution in [3.05, 3.63) is 42.7 Å². The molecule has 134 valence electrons. The number of nitrogens with two attached hydrogens (primary N) is 1. The molecule has 4 rings (SSSR count). The summed E-state index contributed by atoms with van der Waals surface area (Å²) in [5, 5.41) is 26.2. The van der Waals surface area contributed by atoms with Crippen molar-refractivity contribution in [1.29, 1.82) is 0 Å². The molecule has 3 aromatic rings. The minimum Gasteiger partial charge on any atom is -0.507 e. The minimum absolute atomic E-state index is 0.165. The Kier molecular flexibility index (Phi) is 4.53. The first kappa shape index (κ1) is 16.5. The standard InChI is InChI=1S/C19H22N6O/c20-19-16(8-17(23-24-19)15-5-1-2-6-18(15)26)14-10-22-25(12-14)11-13-4-3-7-21-9-13/h1-2,5-6,8,10,12-13,21,26H,3-4,7,9,11H2,(H2,20,24)/t13-/m1/s1. The normalized spacial score (nSPS) is 17.3. The highest BCUT2D eigenvalue weighted by Gasteiger charge is 2.16. The number of rotatable bonds is 4. The van der Waals surface area contributed by atoms with E-state index in [-0.39, 0.29) is 5.75 Å². The van der Waals surface area contributed by atoms with Crippen molar-refractivity contribution in [2.75, 3.05) is 18.8 Å². The summed E-state index contributed by atoms with van der Waals surface area (Å²) < 4.78 is 1.96. The van der Waals surface area contributed by atoms with Crippen LogP contribution in [0.1, 0.15) is 12.8 Å². The van der Waals surface area contributed by atoms with E-state index >= 15 is 0 Å². The Morgan fingerprint density at radius 1 is 1.23 bits per heavy atom. The number of nitrogens with zero attached hydrogens (tertiary/aromatic N) is 4. The smallest absolute Gasteiger partial charge is 0.154 e. The molecule has 0 spiro atoms. The fourth-order valence-electron chi connectivity index (χ4n) is 3.40. The third-order valence-electron chi connectivity index (χ3n) is 4.79. The van der Waals surface area contributed by atoms with Gasteiger partial charge in [-0.25, -0.2) is 0 Å². The molecule has 7 nitrogen and oxygen atoms in total. The fraction of sp³-hybridized carbons (Fsp3) is 0.316. The van der Waals surface area contributed by atoms with Crippen molar-refractivity contribution in [3.8, 4) is 28.1 Å². The first-order chi connectivity index (χ1) is 12.7. The highest BCUT2D eigenvalue weighted by atomic mass is 16.3. The number of aromatic hydroxyl groups is 1. The number of benzene rings is 1. The van der Waals surface area contributed by atoms with Gasteiger partial charge in [0.25, 0.3) is 0 Å². The van der Waals surface area contributed by atoms with Crippen molar-refractivity contribution in [2.45, 2.75) is 19.4 Å². The summed E-state index contributed by atoms with van der Waals surface area (Å²) in [6.45, 7) is 3.03. The Hall–Kier alpha value is -2.93. The molecule has 26 heavy (non-hydrogen) atoms. The van der Waals surface area contributed by atoms with Crippen LogP contribution in [0.25, 0.3) is 22.4 Å². The van der Waals surface area contributed by atoms with Crippen molar-refractivity contribution in [2.24, 2.45) is 5.92 Å². The zero-order valence-corrected chi connectivity index (χ0v) is 14.5. The zero-order chi connectivity index (χ0) is 17.9. The molecule has 0 unspecified atom stereocenters. The molecule has 2 aromatic heterocycles. The number of hydrogen-bond acceptors (Lipinski definition) is 6. The van der Waals surface area contributed by atoms with Gasteiger partial charge in [0.2, 0.25) is 0 Å². The molecule has 1 aliphatic rings. The van der Waals surface area contributed by atoms with Crippen LogP contribution >= 0.6 is 0 Å². The molecule has 1 atom stereocenters. The van der Waals surface area contributed by atoms with Gasteiger partial charge in [0, 0.05) is 29.4 Å². The van der Waals surface area contributed by atoms with E-state index in [1.54, 1.807) is 24.4 Å². The summed E-state index contributed by atoms with van der Waals surface area (Å²) in [6, 6.07) is 8.90. The van der Waals surface area contributed by atoms with E-state index in [4.69, 9.17) is 5.73 Å². The molecule has 0 aliphatic carbocycles. The van der Waals surface area contributed by atoms with Gasteiger partial charge in [-0.05, 0) is 50.0 Å². The fourth-order valence-corrected chi connectivity index (χ4v) is 3.40. The number of phenolic OH excluding ortho intramolecular Hbond substituents is 1. The number of anilines is 1. The van der Waals surface area contributed by atoms with Crippen LogP contribution < -0.4 is 11.1 Å². The van der Waals surface area contributed by atoms with Crippen LogP contribution in [-0.2, 0) is 6.54 Å². The molecule has 1 fully saturated rings. The van der Waals surface area contributed by atoms with Crippen LogP contribution in [0.3, 0.4) is 0 Å². The highest BCUT2D eigenvalue weighted by molar-refractivity contribution is 5.78. The molecule has 0 bridgehead atoms. The van der Waals surface area contributed by atoms with E-state index in [2.05, 4.69) is 20.6 Å². The molecule has 1 aromatic carbocycles. The van der Waals surface area contributed by atoms with Crippen molar-refractivity contribution >= 4 is 5.82 Å². The van der Waals surface area contributed by atoms with Gasteiger partial charge in [0.1, 0.15) is 5.75 Å². The molecule has 4 N–H and O–H groups in total. The van der Waals surface area contributed by atoms with Crippen LogP contribution in [0.15, 0.2) is 42.7 Å². The lowest BCUT2D eigenvalue weighted by Gasteiger charge is -2.22. The molecule has 3 heterocycles. The van der Waals surface area contributed by atoms with Crippen LogP contribution in [0.5, 0.6) is 5.75 Å². The summed E-state index contributed by atoms with van der Waals surface area (Å²) in [4.78, 5) is 0. The minimum atomic E-state index is 0.165. The monoisotopic (exact) mass is 350 g/mol. The maximum Gasteiger partial charge on any atom is 0.154 e. The Morgan fingerprint density at radius 2 is 2.12 bits per heavy atom. The van der Waals surface area contributed by atoms with E-state index in [0.717, 1.165) is 30.8 Å². The Bertz CT molecular complexity index is 901. The van der Waals surface area contributed by atoms with Gasteiger partial charge in [-0.3, -0.25) is 4.68 Å². The molecular weight excluding hydrogens is 328 g/mol. The Balaban J connectivity index is 1.61. The SMILES string of the molecule is Nc1nnc(-c2ccccc2O)cc1-c1cnn(C[C@@H]2CCCNC2)c1. The number of aromatic nitrogens is 4. The summed E-state index contributed by atoms with van der Waals surface area (Å²) in [5.74, 6) is 1.11. The lowest BCUT2D eigenvalue weighted by molar-refractivity contribution is 0.325. The average Bonchev–Trinajstić information content (AvgIpc) is 3.12. The highest BCUT2D eigenvalue weighted by Crippen LogP contribution is 2.31. The first-order valence-corrected chi connectivity index (χ1v) is 8.86. The quantitative estimate of drug-likeness (QED) is 0.667. The van der Waals surface area contributed by atoms with Gasteiger partial charge in [-0.1, -0.05) is 12.1 Å². The molecule has 0 radical (unpaired) electrons. The number of nitrogens with one attached hydrogen (secondary N) is 1. The summed E-state index contributed by atoms with van der Waals surface area (Å²) in [5.41, 5.74) is 8.93. The number of para-hydroxylation sites is 1. The summed E-state index contributed by atoms with van der Waals surface area (Å²) in [6.07, 6.45) is 6.23. The first-order valence-electron chi connectivity index (χ1n) is 8.86. The molecule has 0 saturated carbocycles. The van der Waals surface area contributed by atoms with E-state index in [0.29, 0.717) is 23.0 Å². The predicted molar refractivity (Wildman–Crippen MR) is 100 cm³/mol. The van der Waals surface area contributed by atoms with Crippen molar-refractivity contribution in [1.82, 2.24) is 25.3 Å². The largest absolute Gasteiger partial charge is 0.507 e. The molecule has 1 saturated heterocycles. The maximum absolute atomic E-state index is 10.1. The molecule has 7 heteroatoms. The van der Waals surface area contributed by atoms with Crippen LogP contribution in [-0.4, -0.2) is 38.2 Å². The van der Waals surface area contributed by atoms with Gasteiger partial charge in [-0.15, -0.1) is 10.2 Å². The van der Waals surface area contributed by atoms with Crippen LogP contribution in [0.4, 0.5) is 5.82 Å². The summed E-state index contributed by atoms with van der Waals surface area (Å²) in [7, 11) is 0. The van der Waals surface area contributed by atoms with Crippen LogP contribution in [0, 0.1) is 5.92 Å². The maximum atomic E-state index is 10.1.